The SMILES string of the molecule is CCCNCc1c(NCCC)nc2ccccn2c1=O. The van der Waals surface area contributed by atoms with Crippen LogP contribution in [-0.2, 0) is 6.54 Å². The second kappa shape index (κ2) is 7.05. The summed E-state index contributed by atoms with van der Waals surface area (Å²) in [6.07, 6.45) is 3.80. The maximum absolute atomic E-state index is 12.5. The molecule has 0 unspecified atom stereocenters. The molecule has 20 heavy (non-hydrogen) atoms. The maximum atomic E-state index is 12.5. The first kappa shape index (κ1) is 14.5. The fourth-order valence-corrected chi connectivity index (χ4v) is 2.06. The van der Waals surface area contributed by atoms with Gasteiger partial charge in [-0.3, -0.25) is 9.20 Å². The molecule has 2 aromatic rings. The fraction of sp³-hybridized carbons (Fsp3) is 0.467. The monoisotopic (exact) mass is 274 g/mol. The molecule has 2 N–H and O–H groups in total. The predicted octanol–water partition coefficient (Wildman–Crippen LogP) is 2.02. The highest BCUT2D eigenvalue weighted by Crippen LogP contribution is 2.10. The third-order valence-corrected chi connectivity index (χ3v) is 3.10. The van der Waals surface area contributed by atoms with Crippen molar-refractivity contribution in [2.45, 2.75) is 33.2 Å². The van der Waals surface area contributed by atoms with Crippen LogP contribution in [0.5, 0.6) is 0 Å². The van der Waals surface area contributed by atoms with Crippen molar-refractivity contribution in [1.29, 1.82) is 0 Å². The van der Waals surface area contributed by atoms with Crippen LogP contribution in [0.3, 0.4) is 0 Å². The molecule has 0 saturated heterocycles. The molecule has 2 rings (SSSR count). The van der Waals surface area contributed by atoms with E-state index in [1.54, 1.807) is 10.6 Å². The van der Waals surface area contributed by atoms with Crippen LogP contribution in [0.25, 0.3) is 5.65 Å². The van der Waals surface area contributed by atoms with E-state index in [-0.39, 0.29) is 5.56 Å². The lowest BCUT2D eigenvalue weighted by molar-refractivity contribution is 0.668. The molecule has 0 aliphatic heterocycles. The van der Waals surface area contributed by atoms with Gasteiger partial charge in [-0.15, -0.1) is 0 Å². The molecule has 5 heteroatoms. The van der Waals surface area contributed by atoms with E-state index in [2.05, 4.69) is 29.5 Å². The fourth-order valence-electron chi connectivity index (χ4n) is 2.06. The third-order valence-electron chi connectivity index (χ3n) is 3.10. The number of nitrogens with one attached hydrogen (secondary N) is 2. The van der Waals surface area contributed by atoms with Crippen LogP contribution in [0.15, 0.2) is 29.2 Å². The van der Waals surface area contributed by atoms with E-state index in [4.69, 9.17) is 0 Å². The first-order valence-electron chi connectivity index (χ1n) is 7.22. The minimum absolute atomic E-state index is 0.00203. The summed E-state index contributed by atoms with van der Waals surface area (Å²) in [6.45, 7) is 6.45. The molecular weight excluding hydrogens is 252 g/mol. The quantitative estimate of drug-likeness (QED) is 0.758. The lowest BCUT2D eigenvalue weighted by Crippen LogP contribution is -2.27. The average molecular weight is 274 g/mol. The molecule has 2 heterocycles. The van der Waals surface area contributed by atoms with Crippen molar-refractivity contribution in [3.05, 3.63) is 40.3 Å². The molecule has 0 spiro atoms. The van der Waals surface area contributed by atoms with Gasteiger partial charge in [-0.25, -0.2) is 4.98 Å². The molecule has 0 bridgehead atoms. The summed E-state index contributed by atoms with van der Waals surface area (Å²) in [5.41, 5.74) is 1.38. The van der Waals surface area contributed by atoms with Gasteiger partial charge < -0.3 is 10.6 Å². The van der Waals surface area contributed by atoms with Crippen molar-refractivity contribution in [1.82, 2.24) is 14.7 Å². The Morgan fingerprint density at radius 1 is 1.20 bits per heavy atom. The van der Waals surface area contributed by atoms with Crippen LogP contribution in [-0.4, -0.2) is 22.5 Å². The predicted molar refractivity (Wildman–Crippen MR) is 82.2 cm³/mol. The molecule has 2 aromatic heterocycles. The molecule has 0 aromatic carbocycles. The number of hydrogen-bond acceptors (Lipinski definition) is 4. The summed E-state index contributed by atoms with van der Waals surface area (Å²) in [5, 5.41) is 6.54. The maximum Gasteiger partial charge on any atom is 0.264 e. The molecular formula is C15H22N4O. The Bertz CT molecular complexity index is 621. The van der Waals surface area contributed by atoms with E-state index in [0.29, 0.717) is 23.6 Å². The number of nitrogens with zero attached hydrogens (tertiary/aromatic N) is 2. The van der Waals surface area contributed by atoms with Gasteiger partial charge in [0.2, 0.25) is 0 Å². The van der Waals surface area contributed by atoms with Crippen molar-refractivity contribution in [3.63, 3.8) is 0 Å². The summed E-state index contributed by atoms with van der Waals surface area (Å²) in [5.74, 6) is 0.701. The topological polar surface area (TPSA) is 58.4 Å². The zero-order chi connectivity index (χ0) is 14.4. The highest BCUT2D eigenvalue weighted by Gasteiger charge is 2.11. The van der Waals surface area contributed by atoms with Crippen molar-refractivity contribution >= 4 is 11.5 Å². The number of hydrogen-bond donors (Lipinski definition) is 2. The standard InChI is InChI=1S/C15H22N4O/c1-3-8-16-11-12-14(17-9-4-2)18-13-7-5-6-10-19(13)15(12)20/h5-7,10,16-17H,3-4,8-9,11H2,1-2H3. The first-order chi connectivity index (χ1) is 9.77. The minimum Gasteiger partial charge on any atom is -0.370 e. The Morgan fingerprint density at radius 3 is 2.75 bits per heavy atom. The van der Waals surface area contributed by atoms with E-state index in [1.807, 2.05) is 18.2 Å². The Morgan fingerprint density at radius 2 is 2.00 bits per heavy atom. The van der Waals surface area contributed by atoms with Crippen molar-refractivity contribution in [2.24, 2.45) is 0 Å². The molecule has 0 amide bonds. The van der Waals surface area contributed by atoms with Gasteiger partial charge in [0.1, 0.15) is 11.5 Å². The number of anilines is 1. The second-order valence-corrected chi connectivity index (χ2v) is 4.78. The Hall–Kier alpha value is -1.88. The Balaban J connectivity index is 2.43. The summed E-state index contributed by atoms with van der Waals surface area (Å²) in [4.78, 5) is 17.1. The second-order valence-electron chi connectivity index (χ2n) is 4.78. The number of pyridine rings is 1. The molecule has 0 aliphatic rings. The summed E-state index contributed by atoms with van der Waals surface area (Å²) in [7, 11) is 0. The normalized spacial score (nSPS) is 10.9. The van der Waals surface area contributed by atoms with E-state index in [1.165, 1.54) is 0 Å². The molecule has 0 atom stereocenters. The van der Waals surface area contributed by atoms with Gasteiger partial charge in [-0.05, 0) is 31.5 Å². The van der Waals surface area contributed by atoms with Crippen molar-refractivity contribution in [2.75, 3.05) is 18.4 Å². The van der Waals surface area contributed by atoms with Crippen molar-refractivity contribution < 1.29 is 0 Å². The molecule has 108 valence electrons. The Kier molecular flexibility index (Phi) is 5.12. The zero-order valence-corrected chi connectivity index (χ0v) is 12.1. The summed E-state index contributed by atoms with van der Waals surface area (Å²) < 4.78 is 1.60. The van der Waals surface area contributed by atoms with Gasteiger partial charge in [0.05, 0.1) is 5.56 Å². The van der Waals surface area contributed by atoms with Crippen LogP contribution in [0.4, 0.5) is 5.82 Å². The molecule has 0 radical (unpaired) electrons. The Labute approximate surface area is 119 Å². The molecule has 5 nitrogen and oxygen atoms in total. The molecule has 0 fully saturated rings. The van der Waals surface area contributed by atoms with Gasteiger partial charge in [0.15, 0.2) is 0 Å². The third kappa shape index (κ3) is 3.17. The van der Waals surface area contributed by atoms with Crippen LogP contribution < -0.4 is 16.2 Å². The average Bonchev–Trinajstić information content (AvgIpc) is 2.48. The minimum atomic E-state index is -0.00203. The summed E-state index contributed by atoms with van der Waals surface area (Å²) >= 11 is 0. The highest BCUT2D eigenvalue weighted by molar-refractivity contribution is 5.51. The van der Waals surface area contributed by atoms with Crippen LogP contribution in [0.2, 0.25) is 0 Å². The smallest absolute Gasteiger partial charge is 0.264 e. The van der Waals surface area contributed by atoms with Gasteiger partial charge in [-0.2, -0.15) is 0 Å². The van der Waals surface area contributed by atoms with Crippen LogP contribution in [0, 0.1) is 0 Å². The van der Waals surface area contributed by atoms with Crippen LogP contribution >= 0.6 is 0 Å². The lowest BCUT2D eigenvalue weighted by Gasteiger charge is -2.12. The van der Waals surface area contributed by atoms with Gasteiger partial charge in [0.25, 0.3) is 5.56 Å². The van der Waals surface area contributed by atoms with Crippen LogP contribution in [0.1, 0.15) is 32.3 Å². The van der Waals surface area contributed by atoms with Gasteiger partial charge in [0, 0.05) is 19.3 Å². The van der Waals surface area contributed by atoms with Crippen molar-refractivity contribution in [3.8, 4) is 0 Å². The first-order valence-corrected chi connectivity index (χ1v) is 7.22. The lowest BCUT2D eigenvalue weighted by atomic mass is 10.2. The van der Waals surface area contributed by atoms with Gasteiger partial charge >= 0.3 is 0 Å². The highest BCUT2D eigenvalue weighted by atomic mass is 16.1. The van der Waals surface area contributed by atoms with E-state index in [0.717, 1.165) is 25.9 Å². The largest absolute Gasteiger partial charge is 0.370 e. The summed E-state index contributed by atoms with van der Waals surface area (Å²) in [6, 6.07) is 5.58. The number of fused-ring (bicyclic) bond motifs is 1. The molecule has 0 saturated carbocycles. The molecule has 0 aliphatic carbocycles. The zero-order valence-electron chi connectivity index (χ0n) is 12.1. The van der Waals surface area contributed by atoms with Gasteiger partial charge in [-0.1, -0.05) is 19.9 Å². The van der Waals surface area contributed by atoms with E-state index >= 15 is 0 Å². The number of aromatic nitrogens is 2. The van der Waals surface area contributed by atoms with E-state index in [9.17, 15) is 4.79 Å². The number of rotatable bonds is 7. The van der Waals surface area contributed by atoms with E-state index < -0.39 is 0 Å².